The standard InChI is InChI=1S/C27H27N3O7/c1-4-36-21-12-7-19(8-13-21)26(32)28-17-25(31)30-29-16-18-5-10-22(11-6-18)37-27(33)20-9-14-23(34-2)24(15-20)35-3/h5-16H,4,17H2,1-3H3,(H,28,32)(H,30,31)/b29-16-. The van der Waals surface area contributed by atoms with Crippen molar-refractivity contribution < 1.29 is 33.3 Å². The molecular weight excluding hydrogens is 478 g/mol. The van der Waals surface area contributed by atoms with Crippen molar-refractivity contribution in [1.82, 2.24) is 10.7 Å². The minimum absolute atomic E-state index is 0.242. The number of benzene rings is 3. The van der Waals surface area contributed by atoms with Gasteiger partial charge >= 0.3 is 5.97 Å². The summed E-state index contributed by atoms with van der Waals surface area (Å²) < 4.78 is 21.1. The number of methoxy groups -OCH3 is 2. The van der Waals surface area contributed by atoms with Crippen molar-refractivity contribution in [1.29, 1.82) is 0 Å². The molecular formula is C27H27N3O7. The van der Waals surface area contributed by atoms with Gasteiger partial charge in [-0.05, 0) is 79.2 Å². The molecule has 37 heavy (non-hydrogen) atoms. The molecule has 0 saturated carbocycles. The molecule has 0 heterocycles. The van der Waals surface area contributed by atoms with E-state index in [2.05, 4.69) is 15.8 Å². The van der Waals surface area contributed by atoms with Crippen molar-refractivity contribution in [3.8, 4) is 23.0 Å². The minimum Gasteiger partial charge on any atom is -0.494 e. The third-order valence-corrected chi connectivity index (χ3v) is 4.95. The normalized spacial score (nSPS) is 10.5. The summed E-state index contributed by atoms with van der Waals surface area (Å²) in [6, 6.07) is 17.9. The van der Waals surface area contributed by atoms with E-state index in [-0.39, 0.29) is 12.5 Å². The topological polar surface area (TPSA) is 125 Å². The number of hydrazone groups is 1. The van der Waals surface area contributed by atoms with Gasteiger partial charge in [-0.3, -0.25) is 9.59 Å². The van der Waals surface area contributed by atoms with Gasteiger partial charge < -0.3 is 24.3 Å². The molecule has 0 aliphatic rings. The molecule has 2 N–H and O–H groups in total. The number of nitrogens with one attached hydrogen (secondary N) is 2. The summed E-state index contributed by atoms with van der Waals surface area (Å²) in [4.78, 5) is 36.6. The maximum Gasteiger partial charge on any atom is 0.343 e. The SMILES string of the molecule is CCOc1ccc(C(=O)NCC(=O)N/N=C\c2ccc(OC(=O)c3ccc(OC)c(OC)c3)cc2)cc1. The summed E-state index contributed by atoms with van der Waals surface area (Å²) in [7, 11) is 2.99. The molecule has 0 aliphatic heterocycles. The lowest BCUT2D eigenvalue weighted by molar-refractivity contribution is -0.120. The molecule has 192 valence electrons. The number of ether oxygens (including phenoxy) is 4. The van der Waals surface area contributed by atoms with E-state index in [4.69, 9.17) is 18.9 Å². The summed E-state index contributed by atoms with van der Waals surface area (Å²) in [6.07, 6.45) is 1.42. The number of carbonyl (C=O) groups is 3. The van der Waals surface area contributed by atoms with Gasteiger partial charge in [0, 0.05) is 5.56 Å². The summed E-state index contributed by atoms with van der Waals surface area (Å²) in [5, 5.41) is 6.39. The highest BCUT2D eigenvalue weighted by Crippen LogP contribution is 2.28. The number of amides is 2. The highest BCUT2D eigenvalue weighted by molar-refractivity contribution is 5.96. The first-order valence-electron chi connectivity index (χ1n) is 11.3. The largest absolute Gasteiger partial charge is 0.494 e. The van der Waals surface area contributed by atoms with Crippen LogP contribution < -0.4 is 29.7 Å². The van der Waals surface area contributed by atoms with Gasteiger partial charge in [0.25, 0.3) is 11.8 Å². The summed E-state index contributed by atoms with van der Waals surface area (Å²) in [6.45, 7) is 2.16. The van der Waals surface area contributed by atoms with Crippen molar-refractivity contribution in [2.24, 2.45) is 5.10 Å². The Labute approximate surface area is 214 Å². The third kappa shape index (κ3) is 7.82. The Hall–Kier alpha value is -4.86. The van der Waals surface area contributed by atoms with E-state index in [1.807, 2.05) is 6.92 Å². The molecule has 0 unspecified atom stereocenters. The number of carbonyl (C=O) groups excluding carboxylic acids is 3. The molecule has 0 radical (unpaired) electrons. The van der Waals surface area contributed by atoms with E-state index >= 15 is 0 Å². The first-order chi connectivity index (χ1) is 17.9. The van der Waals surface area contributed by atoms with Crippen LogP contribution in [0.2, 0.25) is 0 Å². The predicted octanol–water partition coefficient (Wildman–Crippen LogP) is 3.20. The fourth-order valence-corrected chi connectivity index (χ4v) is 3.10. The molecule has 3 aromatic carbocycles. The Balaban J connectivity index is 1.45. The zero-order chi connectivity index (χ0) is 26.6. The predicted molar refractivity (Wildman–Crippen MR) is 137 cm³/mol. The molecule has 0 aliphatic carbocycles. The van der Waals surface area contributed by atoms with Gasteiger partial charge in [-0.15, -0.1) is 0 Å². The second-order valence-corrected chi connectivity index (χ2v) is 7.46. The van der Waals surface area contributed by atoms with Crippen LogP contribution in [-0.2, 0) is 4.79 Å². The molecule has 0 bridgehead atoms. The van der Waals surface area contributed by atoms with E-state index in [0.29, 0.717) is 46.3 Å². The van der Waals surface area contributed by atoms with Crippen molar-refractivity contribution in [2.45, 2.75) is 6.92 Å². The van der Waals surface area contributed by atoms with Gasteiger partial charge in [-0.2, -0.15) is 5.10 Å². The van der Waals surface area contributed by atoms with Crippen LogP contribution in [0.3, 0.4) is 0 Å². The molecule has 0 spiro atoms. The smallest absolute Gasteiger partial charge is 0.343 e. The van der Waals surface area contributed by atoms with Crippen LogP contribution in [-0.4, -0.2) is 51.4 Å². The highest BCUT2D eigenvalue weighted by Gasteiger charge is 2.13. The highest BCUT2D eigenvalue weighted by atomic mass is 16.5. The van der Waals surface area contributed by atoms with Crippen molar-refractivity contribution in [3.63, 3.8) is 0 Å². The van der Waals surface area contributed by atoms with E-state index < -0.39 is 11.9 Å². The molecule has 3 aromatic rings. The number of hydrogen-bond donors (Lipinski definition) is 2. The average Bonchev–Trinajstić information content (AvgIpc) is 2.92. The van der Waals surface area contributed by atoms with Gasteiger partial charge in [-0.25, -0.2) is 10.2 Å². The number of esters is 1. The summed E-state index contributed by atoms with van der Waals surface area (Å²) >= 11 is 0. The Morgan fingerprint density at radius 1 is 0.838 bits per heavy atom. The van der Waals surface area contributed by atoms with Crippen LogP contribution in [0.1, 0.15) is 33.2 Å². The first kappa shape index (κ1) is 26.7. The summed E-state index contributed by atoms with van der Waals surface area (Å²) in [5.74, 6) is 0.484. The van der Waals surface area contributed by atoms with Crippen molar-refractivity contribution >= 4 is 24.0 Å². The quantitative estimate of drug-likeness (QED) is 0.177. The van der Waals surface area contributed by atoms with Crippen LogP contribution in [0.15, 0.2) is 71.8 Å². The molecule has 0 saturated heterocycles. The fraction of sp³-hybridized carbons (Fsp3) is 0.185. The molecule has 0 atom stereocenters. The maximum absolute atomic E-state index is 12.4. The van der Waals surface area contributed by atoms with Crippen molar-refractivity contribution in [2.75, 3.05) is 27.4 Å². The van der Waals surface area contributed by atoms with Crippen LogP contribution in [0, 0.1) is 0 Å². The maximum atomic E-state index is 12.4. The molecule has 10 nitrogen and oxygen atoms in total. The molecule has 0 aromatic heterocycles. The Morgan fingerprint density at radius 2 is 1.49 bits per heavy atom. The first-order valence-corrected chi connectivity index (χ1v) is 11.3. The van der Waals surface area contributed by atoms with E-state index in [1.165, 1.54) is 26.5 Å². The third-order valence-electron chi connectivity index (χ3n) is 4.95. The molecule has 3 rings (SSSR count). The zero-order valence-corrected chi connectivity index (χ0v) is 20.6. The van der Waals surface area contributed by atoms with E-state index in [9.17, 15) is 14.4 Å². The Kier molecular flexibility index (Phi) is 9.60. The average molecular weight is 506 g/mol. The van der Waals surface area contributed by atoms with Crippen LogP contribution >= 0.6 is 0 Å². The van der Waals surface area contributed by atoms with Gasteiger partial charge in [0.15, 0.2) is 11.5 Å². The monoisotopic (exact) mass is 505 g/mol. The molecule has 2 amide bonds. The minimum atomic E-state index is -0.554. The lowest BCUT2D eigenvalue weighted by atomic mass is 10.2. The van der Waals surface area contributed by atoms with Gasteiger partial charge in [0.2, 0.25) is 0 Å². The van der Waals surface area contributed by atoms with Crippen LogP contribution in [0.5, 0.6) is 23.0 Å². The number of rotatable bonds is 11. The van der Waals surface area contributed by atoms with Crippen LogP contribution in [0.4, 0.5) is 0 Å². The van der Waals surface area contributed by atoms with E-state index in [0.717, 1.165) is 0 Å². The lowest BCUT2D eigenvalue weighted by Gasteiger charge is -2.09. The Bertz CT molecular complexity index is 1260. The fourth-order valence-electron chi connectivity index (χ4n) is 3.10. The second-order valence-electron chi connectivity index (χ2n) is 7.46. The molecule has 10 heteroatoms. The number of hydrogen-bond acceptors (Lipinski definition) is 8. The molecule has 0 fully saturated rings. The zero-order valence-electron chi connectivity index (χ0n) is 20.6. The Morgan fingerprint density at radius 3 is 2.14 bits per heavy atom. The van der Waals surface area contributed by atoms with Gasteiger partial charge in [0.1, 0.15) is 11.5 Å². The van der Waals surface area contributed by atoms with Gasteiger partial charge in [-0.1, -0.05) is 0 Å². The number of nitrogens with zero attached hydrogens (tertiary/aromatic N) is 1. The van der Waals surface area contributed by atoms with Gasteiger partial charge in [0.05, 0.1) is 39.1 Å². The summed E-state index contributed by atoms with van der Waals surface area (Å²) in [5.41, 5.74) is 3.71. The second kappa shape index (κ2) is 13.3. The lowest BCUT2D eigenvalue weighted by Crippen LogP contribution is -2.34. The van der Waals surface area contributed by atoms with Crippen molar-refractivity contribution in [3.05, 3.63) is 83.4 Å². The van der Waals surface area contributed by atoms with Crippen LogP contribution in [0.25, 0.3) is 0 Å². The van der Waals surface area contributed by atoms with E-state index in [1.54, 1.807) is 60.7 Å².